The summed E-state index contributed by atoms with van der Waals surface area (Å²) in [5.41, 5.74) is 1.84. The molecular weight excluding hydrogens is 234 g/mol. The highest BCUT2D eigenvalue weighted by Gasteiger charge is 2.14. The number of hydrogen-bond donors (Lipinski definition) is 1. The SMILES string of the molecule is Cc1cc(Cl)ccc1NC(=O)C[C@@H]1C=CCC1. The first-order valence-corrected chi connectivity index (χ1v) is 6.25. The molecule has 1 N–H and O–H groups in total. The van der Waals surface area contributed by atoms with Crippen LogP contribution in [0.5, 0.6) is 0 Å². The number of carbonyl (C=O) groups excluding carboxylic acids is 1. The Balaban J connectivity index is 1.95. The molecule has 1 aliphatic carbocycles. The molecule has 0 unspecified atom stereocenters. The quantitative estimate of drug-likeness (QED) is 0.808. The molecule has 2 rings (SSSR count). The van der Waals surface area contributed by atoms with Gasteiger partial charge in [-0.05, 0) is 49.4 Å². The van der Waals surface area contributed by atoms with Gasteiger partial charge in [-0.1, -0.05) is 23.8 Å². The van der Waals surface area contributed by atoms with E-state index in [1.165, 1.54) is 0 Å². The Kier molecular flexibility index (Phi) is 3.85. The van der Waals surface area contributed by atoms with Gasteiger partial charge in [-0.25, -0.2) is 0 Å². The minimum absolute atomic E-state index is 0.0759. The maximum absolute atomic E-state index is 11.8. The van der Waals surface area contributed by atoms with Crippen LogP contribution in [0.4, 0.5) is 5.69 Å². The molecule has 17 heavy (non-hydrogen) atoms. The van der Waals surface area contributed by atoms with Gasteiger partial charge in [0, 0.05) is 17.1 Å². The van der Waals surface area contributed by atoms with Gasteiger partial charge in [-0.2, -0.15) is 0 Å². The number of amides is 1. The van der Waals surface area contributed by atoms with Crippen LogP contribution >= 0.6 is 11.6 Å². The summed E-state index contributed by atoms with van der Waals surface area (Å²) in [6.45, 7) is 1.94. The molecule has 1 aliphatic rings. The van der Waals surface area contributed by atoms with Crippen LogP contribution in [0.2, 0.25) is 5.02 Å². The van der Waals surface area contributed by atoms with Crippen LogP contribution in [-0.4, -0.2) is 5.91 Å². The predicted molar refractivity (Wildman–Crippen MR) is 71.3 cm³/mol. The molecule has 1 aromatic carbocycles. The number of allylic oxidation sites excluding steroid dienone is 2. The molecule has 3 heteroatoms. The van der Waals surface area contributed by atoms with Gasteiger partial charge in [-0.15, -0.1) is 0 Å². The van der Waals surface area contributed by atoms with E-state index in [9.17, 15) is 4.79 Å². The van der Waals surface area contributed by atoms with Crippen molar-refractivity contribution in [1.82, 2.24) is 0 Å². The minimum atomic E-state index is 0.0759. The molecule has 0 aliphatic heterocycles. The van der Waals surface area contributed by atoms with Crippen molar-refractivity contribution >= 4 is 23.2 Å². The van der Waals surface area contributed by atoms with E-state index in [2.05, 4.69) is 17.5 Å². The smallest absolute Gasteiger partial charge is 0.224 e. The molecule has 0 fully saturated rings. The average molecular weight is 250 g/mol. The van der Waals surface area contributed by atoms with Crippen molar-refractivity contribution in [2.75, 3.05) is 5.32 Å². The summed E-state index contributed by atoms with van der Waals surface area (Å²) in [6.07, 6.45) is 7.03. The van der Waals surface area contributed by atoms with Crippen LogP contribution in [0.25, 0.3) is 0 Å². The average Bonchev–Trinajstić information content (AvgIpc) is 2.75. The first-order chi connectivity index (χ1) is 8.15. The van der Waals surface area contributed by atoms with Gasteiger partial charge in [0.1, 0.15) is 0 Å². The Labute approximate surface area is 107 Å². The fourth-order valence-corrected chi connectivity index (χ4v) is 2.30. The fourth-order valence-electron chi connectivity index (χ4n) is 2.07. The Morgan fingerprint density at radius 3 is 3.00 bits per heavy atom. The van der Waals surface area contributed by atoms with Gasteiger partial charge in [-0.3, -0.25) is 4.79 Å². The summed E-state index contributed by atoms with van der Waals surface area (Å²) in [6, 6.07) is 5.49. The summed E-state index contributed by atoms with van der Waals surface area (Å²) in [5, 5.41) is 3.63. The van der Waals surface area contributed by atoms with E-state index in [-0.39, 0.29) is 5.91 Å². The molecule has 1 aromatic rings. The van der Waals surface area contributed by atoms with Crippen molar-refractivity contribution in [2.24, 2.45) is 5.92 Å². The Morgan fingerprint density at radius 1 is 1.53 bits per heavy atom. The number of rotatable bonds is 3. The molecule has 0 bridgehead atoms. The first-order valence-electron chi connectivity index (χ1n) is 5.88. The number of halogens is 1. The van der Waals surface area contributed by atoms with Gasteiger partial charge in [0.25, 0.3) is 0 Å². The van der Waals surface area contributed by atoms with Crippen LogP contribution in [0.15, 0.2) is 30.4 Å². The highest BCUT2D eigenvalue weighted by molar-refractivity contribution is 6.30. The van der Waals surface area contributed by atoms with Crippen LogP contribution in [0.1, 0.15) is 24.8 Å². The third kappa shape index (κ3) is 3.34. The standard InChI is InChI=1S/C14H16ClNO/c1-10-8-12(15)6-7-13(10)16-14(17)9-11-4-2-3-5-11/h2,4,6-8,11H,3,5,9H2,1H3,(H,16,17)/t11-/m1/s1. The van der Waals surface area contributed by atoms with Gasteiger partial charge in [0.15, 0.2) is 0 Å². The van der Waals surface area contributed by atoms with Crippen molar-refractivity contribution in [1.29, 1.82) is 0 Å². The molecular formula is C14H16ClNO. The summed E-state index contributed by atoms with van der Waals surface area (Å²) in [7, 11) is 0. The van der Waals surface area contributed by atoms with E-state index in [1.807, 2.05) is 19.1 Å². The van der Waals surface area contributed by atoms with Gasteiger partial charge >= 0.3 is 0 Å². The molecule has 2 nitrogen and oxygen atoms in total. The first kappa shape index (κ1) is 12.2. The third-order valence-electron chi connectivity index (χ3n) is 3.02. The third-order valence-corrected chi connectivity index (χ3v) is 3.26. The van der Waals surface area contributed by atoms with Crippen LogP contribution in [0, 0.1) is 12.8 Å². The number of hydrogen-bond acceptors (Lipinski definition) is 1. The van der Waals surface area contributed by atoms with Gasteiger partial charge in [0.05, 0.1) is 0 Å². The fraction of sp³-hybridized carbons (Fsp3) is 0.357. The lowest BCUT2D eigenvalue weighted by molar-refractivity contribution is -0.116. The molecule has 0 saturated heterocycles. The lowest BCUT2D eigenvalue weighted by Gasteiger charge is -2.11. The second-order valence-electron chi connectivity index (χ2n) is 4.48. The van der Waals surface area contributed by atoms with E-state index in [1.54, 1.807) is 6.07 Å². The highest BCUT2D eigenvalue weighted by atomic mass is 35.5. The molecule has 0 saturated carbocycles. The van der Waals surface area contributed by atoms with E-state index in [4.69, 9.17) is 11.6 Å². The van der Waals surface area contributed by atoms with Gasteiger partial charge in [0.2, 0.25) is 5.91 Å². The van der Waals surface area contributed by atoms with Crippen molar-refractivity contribution in [2.45, 2.75) is 26.2 Å². The van der Waals surface area contributed by atoms with E-state index in [0.29, 0.717) is 17.4 Å². The zero-order chi connectivity index (χ0) is 12.3. The Hall–Kier alpha value is -1.28. The molecule has 0 radical (unpaired) electrons. The predicted octanol–water partition coefficient (Wildman–Crippen LogP) is 3.94. The zero-order valence-electron chi connectivity index (χ0n) is 9.87. The van der Waals surface area contributed by atoms with E-state index in [0.717, 1.165) is 24.1 Å². The number of benzene rings is 1. The topological polar surface area (TPSA) is 29.1 Å². The molecule has 0 heterocycles. The van der Waals surface area contributed by atoms with Crippen molar-refractivity contribution < 1.29 is 4.79 Å². The molecule has 1 atom stereocenters. The second-order valence-corrected chi connectivity index (χ2v) is 4.91. The molecule has 1 amide bonds. The summed E-state index contributed by atoms with van der Waals surface area (Å²) < 4.78 is 0. The van der Waals surface area contributed by atoms with Gasteiger partial charge < -0.3 is 5.32 Å². The lowest BCUT2D eigenvalue weighted by Crippen LogP contribution is -2.15. The van der Waals surface area contributed by atoms with Crippen LogP contribution < -0.4 is 5.32 Å². The number of anilines is 1. The Morgan fingerprint density at radius 2 is 2.35 bits per heavy atom. The van der Waals surface area contributed by atoms with Crippen LogP contribution in [-0.2, 0) is 4.79 Å². The summed E-state index contributed by atoms with van der Waals surface area (Å²) in [4.78, 5) is 11.8. The number of nitrogens with one attached hydrogen (secondary N) is 1. The normalized spacial score (nSPS) is 18.4. The number of carbonyl (C=O) groups is 1. The van der Waals surface area contributed by atoms with Crippen molar-refractivity contribution in [3.63, 3.8) is 0 Å². The largest absolute Gasteiger partial charge is 0.326 e. The summed E-state index contributed by atoms with van der Waals surface area (Å²) in [5.74, 6) is 0.481. The number of aryl methyl sites for hydroxylation is 1. The molecule has 0 aromatic heterocycles. The second kappa shape index (κ2) is 5.37. The summed E-state index contributed by atoms with van der Waals surface area (Å²) >= 11 is 5.87. The zero-order valence-corrected chi connectivity index (χ0v) is 10.6. The highest BCUT2D eigenvalue weighted by Crippen LogP contribution is 2.23. The van der Waals surface area contributed by atoms with E-state index >= 15 is 0 Å². The monoisotopic (exact) mass is 249 g/mol. The maximum atomic E-state index is 11.8. The van der Waals surface area contributed by atoms with Crippen LogP contribution in [0.3, 0.4) is 0 Å². The van der Waals surface area contributed by atoms with E-state index < -0.39 is 0 Å². The Bertz CT molecular complexity index is 454. The van der Waals surface area contributed by atoms with Crippen molar-refractivity contribution in [3.05, 3.63) is 40.9 Å². The molecule has 0 spiro atoms. The lowest BCUT2D eigenvalue weighted by atomic mass is 10.0. The molecule has 90 valence electrons. The van der Waals surface area contributed by atoms with Crippen molar-refractivity contribution in [3.8, 4) is 0 Å². The maximum Gasteiger partial charge on any atom is 0.224 e. The minimum Gasteiger partial charge on any atom is -0.326 e.